The van der Waals surface area contributed by atoms with Crippen molar-refractivity contribution in [1.82, 2.24) is 20.5 Å². The molecule has 0 aliphatic heterocycles. The molecular formula is C24H31N5. The fourth-order valence-corrected chi connectivity index (χ4v) is 3.60. The van der Waals surface area contributed by atoms with Gasteiger partial charge in [0.25, 0.3) is 0 Å². The predicted octanol–water partition coefficient (Wildman–Crippen LogP) is 4.04. The summed E-state index contributed by atoms with van der Waals surface area (Å²) in [5.74, 6) is 0.858. The summed E-state index contributed by atoms with van der Waals surface area (Å²) in [6.45, 7) is 3.78. The Balaban J connectivity index is 1.74. The number of aliphatic imine (C=N–C) groups is 1. The van der Waals surface area contributed by atoms with Gasteiger partial charge >= 0.3 is 0 Å². The van der Waals surface area contributed by atoms with Gasteiger partial charge < -0.3 is 15.6 Å². The Bertz CT molecular complexity index is 985. The first kappa shape index (κ1) is 20.7. The van der Waals surface area contributed by atoms with E-state index in [9.17, 15) is 0 Å². The summed E-state index contributed by atoms with van der Waals surface area (Å²) in [6, 6.07) is 19.5. The number of rotatable bonds is 9. The molecule has 0 fully saturated rings. The average Bonchev–Trinajstić information content (AvgIpc) is 3.13. The third-order valence-electron chi connectivity index (χ3n) is 4.94. The van der Waals surface area contributed by atoms with Crippen molar-refractivity contribution < 1.29 is 0 Å². The number of likely N-dealkylation sites (N-methyl/N-ethyl adjacent to an activating group) is 1. The number of allylic oxidation sites excluding steroid dienone is 1. The van der Waals surface area contributed by atoms with Crippen LogP contribution in [0.25, 0.3) is 10.9 Å². The van der Waals surface area contributed by atoms with Crippen LogP contribution in [0.3, 0.4) is 0 Å². The molecule has 5 heteroatoms. The van der Waals surface area contributed by atoms with Gasteiger partial charge in [-0.2, -0.15) is 0 Å². The first-order chi connectivity index (χ1) is 14.1. The Labute approximate surface area is 173 Å². The van der Waals surface area contributed by atoms with Gasteiger partial charge in [0, 0.05) is 51.0 Å². The topological polar surface area (TPSA) is 55.5 Å². The second-order valence-corrected chi connectivity index (χ2v) is 7.27. The summed E-state index contributed by atoms with van der Waals surface area (Å²) in [7, 11) is 5.99. The average molecular weight is 390 g/mol. The molecule has 3 aromatic rings. The lowest BCUT2D eigenvalue weighted by Gasteiger charge is -2.16. The van der Waals surface area contributed by atoms with E-state index in [1.165, 1.54) is 16.5 Å². The Morgan fingerprint density at radius 1 is 1.00 bits per heavy atom. The maximum atomic E-state index is 4.41. The van der Waals surface area contributed by atoms with Crippen molar-refractivity contribution in [2.24, 2.45) is 4.99 Å². The van der Waals surface area contributed by atoms with Gasteiger partial charge in [0.15, 0.2) is 0 Å². The molecule has 5 nitrogen and oxygen atoms in total. The van der Waals surface area contributed by atoms with Crippen LogP contribution in [0.15, 0.2) is 71.1 Å². The molecule has 0 saturated carbocycles. The number of aromatic amines is 1. The number of hydrogen-bond acceptors (Lipinski definition) is 4. The Morgan fingerprint density at radius 3 is 2.45 bits per heavy atom. The van der Waals surface area contributed by atoms with Crippen LogP contribution in [0.5, 0.6) is 0 Å². The molecule has 0 radical (unpaired) electrons. The SMILES string of the molecule is C/C=N\C(NC)=C(/Cc1cc2cc(CN(C)Cc3ccccc3)ccc2[nH]1)NC. The molecule has 0 aliphatic rings. The molecule has 0 aliphatic carbocycles. The van der Waals surface area contributed by atoms with Crippen LogP contribution < -0.4 is 10.6 Å². The van der Waals surface area contributed by atoms with Gasteiger partial charge in [-0.05, 0) is 48.7 Å². The van der Waals surface area contributed by atoms with E-state index in [0.717, 1.165) is 42.2 Å². The third kappa shape index (κ3) is 5.48. The number of benzene rings is 2. The normalized spacial score (nSPS) is 12.6. The molecule has 0 spiro atoms. The van der Waals surface area contributed by atoms with Crippen molar-refractivity contribution in [3.05, 3.63) is 82.9 Å². The number of H-pyrrole nitrogens is 1. The summed E-state index contributed by atoms with van der Waals surface area (Å²) >= 11 is 0. The molecule has 2 aromatic carbocycles. The van der Waals surface area contributed by atoms with E-state index in [-0.39, 0.29) is 0 Å². The number of aromatic nitrogens is 1. The summed E-state index contributed by atoms with van der Waals surface area (Å²) in [5.41, 5.74) is 6.03. The summed E-state index contributed by atoms with van der Waals surface area (Å²) in [6.07, 6.45) is 2.56. The second-order valence-electron chi connectivity index (χ2n) is 7.27. The lowest BCUT2D eigenvalue weighted by atomic mass is 10.1. The molecule has 0 bridgehead atoms. The molecule has 0 saturated heterocycles. The minimum atomic E-state index is 0.766. The summed E-state index contributed by atoms with van der Waals surface area (Å²) in [4.78, 5) is 10.3. The van der Waals surface area contributed by atoms with E-state index in [1.54, 1.807) is 6.21 Å². The molecule has 0 unspecified atom stereocenters. The summed E-state index contributed by atoms with van der Waals surface area (Å²) in [5, 5.41) is 7.67. The largest absolute Gasteiger partial charge is 0.388 e. The zero-order valence-electron chi connectivity index (χ0n) is 17.8. The molecule has 1 aromatic heterocycles. The van der Waals surface area contributed by atoms with E-state index < -0.39 is 0 Å². The van der Waals surface area contributed by atoms with Gasteiger partial charge in [0.2, 0.25) is 0 Å². The Hall–Kier alpha value is -3.05. The van der Waals surface area contributed by atoms with Gasteiger partial charge in [0.1, 0.15) is 5.82 Å². The van der Waals surface area contributed by atoms with E-state index in [1.807, 2.05) is 21.0 Å². The van der Waals surface area contributed by atoms with E-state index in [2.05, 4.69) is 87.2 Å². The molecule has 0 amide bonds. The monoisotopic (exact) mass is 389 g/mol. The fourth-order valence-electron chi connectivity index (χ4n) is 3.60. The molecular weight excluding hydrogens is 358 g/mol. The van der Waals surface area contributed by atoms with Gasteiger partial charge in [-0.1, -0.05) is 36.4 Å². The minimum absolute atomic E-state index is 0.766. The van der Waals surface area contributed by atoms with Gasteiger partial charge in [-0.15, -0.1) is 0 Å². The zero-order chi connectivity index (χ0) is 20.6. The first-order valence-corrected chi connectivity index (χ1v) is 10.0. The molecule has 0 atom stereocenters. The van der Waals surface area contributed by atoms with Crippen LogP contribution in [0.4, 0.5) is 0 Å². The number of hydrogen-bond donors (Lipinski definition) is 3. The highest BCUT2D eigenvalue weighted by atomic mass is 15.1. The van der Waals surface area contributed by atoms with Crippen LogP contribution in [-0.4, -0.2) is 37.2 Å². The number of nitrogens with zero attached hydrogens (tertiary/aromatic N) is 2. The fraction of sp³-hybridized carbons (Fsp3) is 0.292. The maximum Gasteiger partial charge on any atom is 0.144 e. The van der Waals surface area contributed by atoms with Crippen LogP contribution >= 0.6 is 0 Å². The molecule has 1 heterocycles. The van der Waals surface area contributed by atoms with E-state index >= 15 is 0 Å². The third-order valence-corrected chi connectivity index (χ3v) is 4.94. The lowest BCUT2D eigenvalue weighted by molar-refractivity contribution is 0.319. The lowest BCUT2D eigenvalue weighted by Crippen LogP contribution is -2.18. The van der Waals surface area contributed by atoms with E-state index in [4.69, 9.17) is 0 Å². The highest BCUT2D eigenvalue weighted by Gasteiger charge is 2.09. The van der Waals surface area contributed by atoms with E-state index in [0.29, 0.717) is 0 Å². The standard InChI is InChI=1S/C24H31N5/c1-5-27-24(26-3)23(25-2)15-21-14-20-13-19(11-12-22(20)28-21)17-29(4)16-18-9-7-6-8-10-18/h5-14,25-26,28H,15-17H2,1-4H3/b24-23+,27-5-. The quantitative estimate of drug-likeness (QED) is 0.484. The predicted molar refractivity (Wildman–Crippen MR) is 123 cm³/mol. The minimum Gasteiger partial charge on any atom is -0.388 e. The van der Waals surface area contributed by atoms with Crippen LogP contribution in [-0.2, 0) is 19.5 Å². The van der Waals surface area contributed by atoms with Crippen molar-refractivity contribution >= 4 is 17.1 Å². The van der Waals surface area contributed by atoms with Gasteiger partial charge in [-0.25, -0.2) is 4.99 Å². The highest BCUT2D eigenvalue weighted by Crippen LogP contribution is 2.20. The molecule has 152 valence electrons. The molecule has 3 rings (SSSR count). The number of fused-ring (bicyclic) bond motifs is 1. The zero-order valence-corrected chi connectivity index (χ0v) is 17.8. The maximum absolute atomic E-state index is 4.41. The van der Waals surface area contributed by atoms with Crippen molar-refractivity contribution in [2.75, 3.05) is 21.1 Å². The van der Waals surface area contributed by atoms with Crippen LogP contribution in [0.1, 0.15) is 23.7 Å². The van der Waals surface area contributed by atoms with Crippen molar-refractivity contribution in [3.63, 3.8) is 0 Å². The number of nitrogens with one attached hydrogen (secondary N) is 3. The molecule has 3 N–H and O–H groups in total. The highest BCUT2D eigenvalue weighted by molar-refractivity contribution is 5.81. The summed E-state index contributed by atoms with van der Waals surface area (Å²) < 4.78 is 0. The first-order valence-electron chi connectivity index (χ1n) is 10.0. The Kier molecular flexibility index (Phi) is 7.09. The second kappa shape index (κ2) is 9.94. The van der Waals surface area contributed by atoms with Gasteiger partial charge in [-0.3, -0.25) is 4.90 Å². The van der Waals surface area contributed by atoms with Crippen molar-refractivity contribution in [3.8, 4) is 0 Å². The smallest absolute Gasteiger partial charge is 0.144 e. The molecule has 29 heavy (non-hydrogen) atoms. The van der Waals surface area contributed by atoms with Crippen LogP contribution in [0.2, 0.25) is 0 Å². The van der Waals surface area contributed by atoms with Gasteiger partial charge in [0.05, 0.1) is 5.70 Å². The van der Waals surface area contributed by atoms with Crippen molar-refractivity contribution in [2.45, 2.75) is 26.4 Å². The Morgan fingerprint density at radius 2 is 1.76 bits per heavy atom. The van der Waals surface area contributed by atoms with Crippen LogP contribution in [0, 0.1) is 0 Å². The van der Waals surface area contributed by atoms with Crippen molar-refractivity contribution in [1.29, 1.82) is 0 Å².